The van der Waals surface area contributed by atoms with Crippen molar-refractivity contribution in [2.75, 3.05) is 13.1 Å². The van der Waals surface area contributed by atoms with Gasteiger partial charge in [-0.1, -0.05) is 6.07 Å². The minimum absolute atomic E-state index is 0.156. The van der Waals surface area contributed by atoms with Crippen molar-refractivity contribution in [1.82, 2.24) is 10.6 Å². The molecule has 2 aliphatic carbocycles. The Bertz CT molecular complexity index is 485. The highest BCUT2D eigenvalue weighted by atomic mass is 19.1. The molecule has 1 saturated carbocycles. The first-order valence-electron chi connectivity index (χ1n) is 7.03. The molecule has 1 aromatic rings. The predicted octanol–water partition coefficient (Wildman–Crippen LogP) is 1.93. The topological polar surface area (TPSA) is 41.1 Å². The fraction of sp³-hybridized carbons (Fsp3) is 0.533. The van der Waals surface area contributed by atoms with E-state index in [4.69, 9.17) is 0 Å². The van der Waals surface area contributed by atoms with Gasteiger partial charge >= 0.3 is 0 Å². The van der Waals surface area contributed by atoms with Gasteiger partial charge in [-0.3, -0.25) is 4.79 Å². The van der Waals surface area contributed by atoms with E-state index in [0.717, 1.165) is 37.8 Å². The lowest BCUT2D eigenvalue weighted by atomic mass is 10.1. The fourth-order valence-electron chi connectivity index (χ4n) is 2.72. The third-order valence-corrected chi connectivity index (χ3v) is 3.95. The third kappa shape index (κ3) is 2.95. The monoisotopic (exact) mass is 262 g/mol. The molecule has 0 spiro atoms. The van der Waals surface area contributed by atoms with Gasteiger partial charge in [-0.05, 0) is 48.9 Å². The van der Waals surface area contributed by atoms with Crippen LogP contribution in [0.15, 0.2) is 18.2 Å². The first-order chi connectivity index (χ1) is 9.24. The number of benzene rings is 1. The number of carbonyl (C=O) groups is 1. The molecule has 0 bridgehead atoms. The molecule has 1 unspecified atom stereocenters. The number of hydrogen-bond acceptors (Lipinski definition) is 2. The Morgan fingerprint density at radius 1 is 1.26 bits per heavy atom. The lowest BCUT2D eigenvalue weighted by Crippen LogP contribution is -2.33. The van der Waals surface area contributed by atoms with Crippen LogP contribution in [0.2, 0.25) is 0 Å². The maximum Gasteiger partial charge on any atom is 0.223 e. The summed E-state index contributed by atoms with van der Waals surface area (Å²) in [7, 11) is 0. The quantitative estimate of drug-likeness (QED) is 0.796. The van der Waals surface area contributed by atoms with Gasteiger partial charge in [0.25, 0.3) is 0 Å². The first-order valence-corrected chi connectivity index (χ1v) is 7.03. The number of rotatable bonds is 5. The Hall–Kier alpha value is -1.42. The van der Waals surface area contributed by atoms with E-state index in [9.17, 15) is 9.18 Å². The Labute approximate surface area is 112 Å². The molecule has 1 amide bonds. The summed E-state index contributed by atoms with van der Waals surface area (Å²) in [6, 6.07) is 5.32. The summed E-state index contributed by atoms with van der Waals surface area (Å²) in [6.45, 7) is 1.43. The Morgan fingerprint density at radius 2 is 2.11 bits per heavy atom. The van der Waals surface area contributed by atoms with Crippen molar-refractivity contribution in [3.05, 3.63) is 35.1 Å². The molecule has 1 fully saturated rings. The zero-order valence-electron chi connectivity index (χ0n) is 10.9. The molecule has 0 radical (unpaired) electrons. The lowest BCUT2D eigenvalue weighted by molar-refractivity contribution is -0.122. The van der Waals surface area contributed by atoms with Crippen LogP contribution in [0.1, 0.15) is 36.4 Å². The molecule has 1 atom stereocenters. The van der Waals surface area contributed by atoms with E-state index in [1.807, 2.05) is 6.07 Å². The Morgan fingerprint density at radius 3 is 2.89 bits per heavy atom. The van der Waals surface area contributed by atoms with Crippen molar-refractivity contribution in [1.29, 1.82) is 0 Å². The van der Waals surface area contributed by atoms with E-state index in [0.29, 0.717) is 12.6 Å². The van der Waals surface area contributed by atoms with Gasteiger partial charge in [0.05, 0.1) is 0 Å². The molecule has 0 aromatic heterocycles. The van der Waals surface area contributed by atoms with Crippen molar-refractivity contribution in [2.24, 2.45) is 5.92 Å². The molecular weight excluding hydrogens is 243 g/mol. The van der Waals surface area contributed by atoms with Crippen LogP contribution in [-0.4, -0.2) is 19.0 Å². The number of fused-ring (bicyclic) bond motifs is 1. The average Bonchev–Trinajstić information content (AvgIpc) is 3.17. The summed E-state index contributed by atoms with van der Waals surface area (Å²) in [5, 5.41) is 6.37. The highest BCUT2D eigenvalue weighted by Crippen LogP contribution is 2.31. The second-order valence-corrected chi connectivity index (χ2v) is 5.45. The second-order valence-electron chi connectivity index (χ2n) is 5.45. The van der Waals surface area contributed by atoms with E-state index >= 15 is 0 Å². The van der Waals surface area contributed by atoms with E-state index in [-0.39, 0.29) is 17.6 Å². The molecule has 19 heavy (non-hydrogen) atoms. The molecule has 3 nitrogen and oxygen atoms in total. The molecular formula is C15H19FN2O. The van der Waals surface area contributed by atoms with Gasteiger partial charge in [-0.2, -0.15) is 0 Å². The first kappa shape index (κ1) is 12.6. The number of carbonyl (C=O) groups excluding carboxylic acids is 1. The van der Waals surface area contributed by atoms with Crippen LogP contribution in [0.5, 0.6) is 0 Å². The fourth-order valence-corrected chi connectivity index (χ4v) is 2.72. The summed E-state index contributed by atoms with van der Waals surface area (Å²) in [4.78, 5) is 11.5. The van der Waals surface area contributed by atoms with Crippen LogP contribution in [0.4, 0.5) is 4.39 Å². The summed E-state index contributed by atoms with van der Waals surface area (Å²) in [5.41, 5.74) is 2.31. The Kier molecular flexibility index (Phi) is 3.51. The highest BCUT2D eigenvalue weighted by Gasteiger charge is 2.29. The van der Waals surface area contributed by atoms with Crippen LogP contribution in [0.3, 0.4) is 0 Å². The smallest absolute Gasteiger partial charge is 0.223 e. The van der Waals surface area contributed by atoms with E-state index in [1.54, 1.807) is 6.07 Å². The largest absolute Gasteiger partial charge is 0.355 e. The van der Waals surface area contributed by atoms with Crippen LogP contribution < -0.4 is 10.6 Å². The van der Waals surface area contributed by atoms with Crippen LogP contribution in [0, 0.1) is 11.7 Å². The molecule has 4 heteroatoms. The minimum atomic E-state index is -0.156. The van der Waals surface area contributed by atoms with Gasteiger partial charge < -0.3 is 10.6 Å². The molecule has 0 heterocycles. The summed E-state index contributed by atoms with van der Waals surface area (Å²) in [5.74, 6) is 0.307. The van der Waals surface area contributed by atoms with E-state index < -0.39 is 0 Å². The number of hydrogen-bond donors (Lipinski definition) is 2. The van der Waals surface area contributed by atoms with Crippen molar-refractivity contribution >= 4 is 5.91 Å². The summed E-state index contributed by atoms with van der Waals surface area (Å²) < 4.78 is 13.1. The molecule has 1 aromatic carbocycles. The molecule has 3 rings (SSSR count). The maximum absolute atomic E-state index is 13.1. The van der Waals surface area contributed by atoms with E-state index in [1.165, 1.54) is 11.6 Å². The normalized spacial score (nSPS) is 21.2. The van der Waals surface area contributed by atoms with E-state index in [2.05, 4.69) is 10.6 Å². The van der Waals surface area contributed by atoms with Crippen molar-refractivity contribution in [3.8, 4) is 0 Å². The highest BCUT2D eigenvalue weighted by molar-refractivity contribution is 5.80. The lowest BCUT2D eigenvalue weighted by Gasteiger charge is -2.14. The zero-order valence-corrected chi connectivity index (χ0v) is 10.9. The van der Waals surface area contributed by atoms with Crippen LogP contribution in [0.25, 0.3) is 0 Å². The van der Waals surface area contributed by atoms with Crippen molar-refractivity contribution in [2.45, 2.75) is 31.7 Å². The molecule has 102 valence electrons. The van der Waals surface area contributed by atoms with Gasteiger partial charge in [0.15, 0.2) is 0 Å². The predicted molar refractivity (Wildman–Crippen MR) is 71.2 cm³/mol. The maximum atomic E-state index is 13.1. The number of halogens is 1. The zero-order chi connectivity index (χ0) is 13.2. The molecule has 2 aliphatic rings. The van der Waals surface area contributed by atoms with Crippen LogP contribution in [-0.2, 0) is 11.2 Å². The van der Waals surface area contributed by atoms with Crippen molar-refractivity contribution < 1.29 is 9.18 Å². The average molecular weight is 262 g/mol. The number of nitrogens with one attached hydrogen (secondary N) is 2. The SMILES string of the molecule is O=C(NCCNC1CCc2cc(F)ccc21)C1CC1. The Balaban J connectivity index is 1.45. The number of amides is 1. The minimum Gasteiger partial charge on any atom is -0.355 e. The van der Waals surface area contributed by atoms with Crippen LogP contribution >= 0.6 is 0 Å². The molecule has 0 saturated heterocycles. The standard InChI is InChI=1S/C15H19FN2O/c16-12-4-5-13-11(9-12)3-6-14(13)17-7-8-18-15(19)10-1-2-10/h4-5,9-10,14,17H,1-3,6-8H2,(H,18,19). The van der Waals surface area contributed by atoms with Crippen molar-refractivity contribution in [3.63, 3.8) is 0 Å². The third-order valence-electron chi connectivity index (χ3n) is 3.95. The van der Waals surface area contributed by atoms with Gasteiger partial charge in [0.1, 0.15) is 5.82 Å². The number of aryl methyl sites for hydroxylation is 1. The van der Waals surface area contributed by atoms with Gasteiger partial charge in [-0.15, -0.1) is 0 Å². The summed E-state index contributed by atoms with van der Waals surface area (Å²) in [6.07, 6.45) is 4.02. The van der Waals surface area contributed by atoms with Gasteiger partial charge in [0.2, 0.25) is 5.91 Å². The van der Waals surface area contributed by atoms with Gasteiger partial charge in [0, 0.05) is 25.0 Å². The second kappa shape index (κ2) is 5.29. The molecule has 2 N–H and O–H groups in total. The molecule has 0 aliphatic heterocycles. The van der Waals surface area contributed by atoms with Gasteiger partial charge in [-0.25, -0.2) is 4.39 Å². The summed E-state index contributed by atoms with van der Waals surface area (Å²) >= 11 is 0.